The molecule has 6 heteroatoms. The van der Waals surface area contributed by atoms with Crippen LogP contribution in [-0.4, -0.2) is 47.2 Å². The van der Waals surface area contributed by atoms with Crippen molar-refractivity contribution in [1.29, 1.82) is 0 Å². The maximum Gasteiger partial charge on any atom is 0.187 e. The Morgan fingerprint density at radius 2 is 1.28 bits per heavy atom. The molecule has 0 amide bonds. The minimum absolute atomic E-state index is 0.0311. The molecule has 0 saturated carbocycles. The number of Topliss-reactive ketones (excluding diaryl/α,β-unsaturated/α-hetero) is 1. The highest BCUT2D eigenvalue weighted by molar-refractivity contribution is 6.14. The van der Waals surface area contributed by atoms with Gasteiger partial charge in [-0.25, -0.2) is 0 Å². The number of nitrogens with zero attached hydrogens (tertiary/aromatic N) is 1. The SMILES string of the molecule is CCOc1cc(C=C2CN(Cc3ccccc3)CC(=Cc3ccc(O)c(OCC)c3)C2=O)ccc1O. The maximum absolute atomic E-state index is 13.6. The van der Waals surface area contributed by atoms with Crippen LogP contribution in [-0.2, 0) is 11.3 Å². The first kappa shape index (κ1) is 25.1. The van der Waals surface area contributed by atoms with Gasteiger partial charge in [0.2, 0.25) is 0 Å². The van der Waals surface area contributed by atoms with Crippen LogP contribution in [0.2, 0.25) is 0 Å². The molecule has 1 heterocycles. The molecular weight excluding hydrogens is 454 g/mol. The van der Waals surface area contributed by atoms with Crippen molar-refractivity contribution in [2.45, 2.75) is 20.4 Å². The number of phenolic OH excluding ortho intramolecular Hbond substituents is 2. The van der Waals surface area contributed by atoms with Crippen molar-refractivity contribution in [3.8, 4) is 23.0 Å². The van der Waals surface area contributed by atoms with Gasteiger partial charge in [0, 0.05) is 30.8 Å². The van der Waals surface area contributed by atoms with E-state index in [2.05, 4.69) is 17.0 Å². The van der Waals surface area contributed by atoms with Crippen LogP contribution >= 0.6 is 0 Å². The Kier molecular flexibility index (Phi) is 8.08. The molecule has 1 saturated heterocycles. The van der Waals surface area contributed by atoms with Crippen molar-refractivity contribution in [2.75, 3.05) is 26.3 Å². The summed E-state index contributed by atoms with van der Waals surface area (Å²) >= 11 is 0. The quantitative estimate of drug-likeness (QED) is 0.413. The zero-order valence-corrected chi connectivity index (χ0v) is 20.6. The number of ketones is 1. The second kappa shape index (κ2) is 11.6. The topological polar surface area (TPSA) is 79.2 Å². The summed E-state index contributed by atoms with van der Waals surface area (Å²) in [5, 5.41) is 20.1. The van der Waals surface area contributed by atoms with Crippen LogP contribution in [0, 0.1) is 0 Å². The number of aromatic hydroxyl groups is 2. The first-order valence-corrected chi connectivity index (χ1v) is 12.1. The molecule has 1 aliphatic heterocycles. The zero-order chi connectivity index (χ0) is 25.5. The fourth-order valence-corrected chi connectivity index (χ4v) is 4.25. The van der Waals surface area contributed by atoms with E-state index in [0.717, 1.165) is 16.7 Å². The highest BCUT2D eigenvalue weighted by Crippen LogP contribution is 2.31. The molecule has 3 aromatic carbocycles. The number of ether oxygens (including phenoxy) is 2. The first-order chi connectivity index (χ1) is 17.5. The molecule has 0 radical (unpaired) electrons. The molecule has 1 fully saturated rings. The van der Waals surface area contributed by atoms with E-state index in [1.165, 1.54) is 0 Å². The maximum atomic E-state index is 13.6. The molecule has 186 valence electrons. The van der Waals surface area contributed by atoms with Gasteiger partial charge in [-0.2, -0.15) is 0 Å². The van der Waals surface area contributed by atoms with Crippen molar-refractivity contribution >= 4 is 17.9 Å². The van der Waals surface area contributed by atoms with Crippen LogP contribution in [0.3, 0.4) is 0 Å². The van der Waals surface area contributed by atoms with E-state index in [-0.39, 0.29) is 17.3 Å². The third kappa shape index (κ3) is 6.15. The number of carbonyl (C=O) groups excluding carboxylic acids is 1. The lowest BCUT2D eigenvalue weighted by molar-refractivity contribution is -0.113. The first-order valence-electron chi connectivity index (χ1n) is 12.1. The van der Waals surface area contributed by atoms with E-state index >= 15 is 0 Å². The molecule has 4 rings (SSSR count). The van der Waals surface area contributed by atoms with Gasteiger partial charge in [0.25, 0.3) is 0 Å². The molecule has 0 spiro atoms. The van der Waals surface area contributed by atoms with E-state index in [0.29, 0.717) is 55.5 Å². The molecule has 0 aliphatic carbocycles. The Labute approximate surface area is 211 Å². The Hall–Kier alpha value is -4.03. The number of hydrogen-bond acceptors (Lipinski definition) is 6. The molecule has 6 nitrogen and oxygen atoms in total. The van der Waals surface area contributed by atoms with E-state index in [1.54, 1.807) is 36.4 Å². The third-order valence-electron chi connectivity index (χ3n) is 5.87. The molecule has 0 bridgehead atoms. The summed E-state index contributed by atoms with van der Waals surface area (Å²) in [5.74, 6) is 0.880. The number of carbonyl (C=O) groups is 1. The van der Waals surface area contributed by atoms with Gasteiger partial charge >= 0.3 is 0 Å². The number of rotatable bonds is 8. The second-order valence-corrected chi connectivity index (χ2v) is 8.62. The van der Waals surface area contributed by atoms with Gasteiger partial charge in [0.15, 0.2) is 28.8 Å². The number of likely N-dealkylation sites (tertiary alicyclic amines) is 1. The molecule has 36 heavy (non-hydrogen) atoms. The molecule has 3 aromatic rings. The number of benzene rings is 3. The minimum atomic E-state index is -0.0311. The van der Waals surface area contributed by atoms with Gasteiger partial charge in [-0.05, 0) is 67.0 Å². The average Bonchev–Trinajstić information content (AvgIpc) is 2.87. The molecule has 0 unspecified atom stereocenters. The van der Waals surface area contributed by atoms with E-state index < -0.39 is 0 Å². The van der Waals surface area contributed by atoms with Gasteiger partial charge < -0.3 is 19.7 Å². The lowest BCUT2D eigenvalue weighted by Gasteiger charge is -2.30. The number of phenols is 2. The fraction of sp³-hybridized carbons (Fsp3) is 0.233. The summed E-state index contributed by atoms with van der Waals surface area (Å²) in [4.78, 5) is 15.8. The van der Waals surface area contributed by atoms with Crippen molar-refractivity contribution in [1.82, 2.24) is 4.90 Å². The summed E-state index contributed by atoms with van der Waals surface area (Å²) in [7, 11) is 0. The predicted octanol–water partition coefficient (Wildman–Crippen LogP) is 5.45. The molecule has 0 atom stereocenters. The molecule has 0 aromatic heterocycles. The van der Waals surface area contributed by atoms with Crippen LogP contribution in [0.4, 0.5) is 0 Å². The standard InChI is InChI=1S/C30H31NO5/c1-3-35-28-16-22(10-12-26(28)32)14-24-19-31(18-21-8-6-5-7-9-21)20-25(30(24)34)15-23-11-13-27(33)29(17-23)36-4-2/h5-17,32-33H,3-4,18-20H2,1-2H3. The van der Waals surface area contributed by atoms with Crippen molar-refractivity contribution < 1.29 is 24.5 Å². The summed E-state index contributed by atoms with van der Waals surface area (Å²) in [6.45, 7) is 6.26. The third-order valence-corrected chi connectivity index (χ3v) is 5.87. The van der Waals surface area contributed by atoms with Crippen molar-refractivity contribution in [2.24, 2.45) is 0 Å². The lowest BCUT2D eigenvalue weighted by atomic mass is 9.93. The second-order valence-electron chi connectivity index (χ2n) is 8.62. The monoisotopic (exact) mass is 485 g/mol. The number of piperidine rings is 1. The Balaban J connectivity index is 1.70. The van der Waals surface area contributed by atoms with Gasteiger partial charge in [-0.1, -0.05) is 42.5 Å². The van der Waals surface area contributed by atoms with E-state index in [1.807, 2.05) is 44.2 Å². The van der Waals surface area contributed by atoms with Gasteiger partial charge in [-0.3, -0.25) is 9.69 Å². The Morgan fingerprint density at radius 3 is 1.75 bits per heavy atom. The molecule has 1 aliphatic rings. The number of hydrogen-bond donors (Lipinski definition) is 2. The summed E-state index contributed by atoms with van der Waals surface area (Å²) in [6, 6.07) is 20.3. The van der Waals surface area contributed by atoms with Crippen LogP contribution in [0.5, 0.6) is 23.0 Å². The largest absolute Gasteiger partial charge is 0.504 e. The van der Waals surface area contributed by atoms with Crippen molar-refractivity contribution in [3.05, 3.63) is 94.6 Å². The summed E-state index contributed by atoms with van der Waals surface area (Å²) in [5.41, 5.74) is 4.03. The molecule has 2 N–H and O–H groups in total. The predicted molar refractivity (Wildman–Crippen MR) is 141 cm³/mol. The summed E-state index contributed by atoms with van der Waals surface area (Å²) < 4.78 is 11.0. The molecular formula is C30H31NO5. The minimum Gasteiger partial charge on any atom is -0.504 e. The summed E-state index contributed by atoms with van der Waals surface area (Å²) in [6.07, 6.45) is 3.72. The fourth-order valence-electron chi connectivity index (χ4n) is 4.25. The van der Waals surface area contributed by atoms with Crippen LogP contribution in [0.1, 0.15) is 30.5 Å². The van der Waals surface area contributed by atoms with Crippen LogP contribution in [0.15, 0.2) is 77.9 Å². The van der Waals surface area contributed by atoms with Crippen LogP contribution in [0.25, 0.3) is 12.2 Å². The average molecular weight is 486 g/mol. The zero-order valence-electron chi connectivity index (χ0n) is 20.6. The normalized spacial score (nSPS) is 16.4. The smallest absolute Gasteiger partial charge is 0.187 e. The Morgan fingerprint density at radius 1 is 0.778 bits per heavy atom. The van der Waals surface area contributed by atoms with Gasteiger partial charge in [-0.15, -0.1) is 0 Å². The highest BCUT2D eigenvalue weighted by Gasteiger charge is 2.26. The highest BCUT2D eigenvalue weighted by atomic mass is 16.5. The van der Waals surface area contributed by atoms with Crippen LogP contribution < -0.4 is 9.47 Å². The van der Waals surface area contributed by atoms with Crippen molar-refractivity contribution in [3.63, 3.8) is 0 Å². The lowest BCUT2D eigenvalue weighted by Crippen LogP contribution is -2.37. The van der Waals surface area contributed by atoms with E-state index in [9.17, 15) is 15.0 Å². The van der Waals surface area contributed by atoms with E-state index in [4.69, 9.17) is 9.47 Å². The van der Waals surface area contributed by atoms with Gasteiger partial charge in [0.1, 0.15) is 0 Å². The van der Waals surface area contributed by atoms with Gasteiger partial charge in [0.05, 0.1) is 13.2 Å². The Bertz CT molecular complexity index is 1200.